The molecule has 0 fully saturated rings. The van der Waals surface area contributed by atoms with E-state index in [0.29, 0.717) is 17.2 Å². The molecular formula is C18H18O5. The summed E-state index contributed by atoms with van der Waals surface area (Å²) in [4.78, 5) is 12.3. The maximum atomic E-state index is 12.3. The lowest BCUT2D eigenvalue weighted by Crippen LogP contribution is -1.96. The Labute approximate surface area is 134 Å². The van der Waals surface area contributed by atoms with Gasteiger partial charge in [-0.25, -0.2) is 0 Å². The predicted octanol–water partition coefficient (Wildman–Crippen LogP) is 3.31. The first kappa shape index (κ1) is 16.4. The third-order valence-corrected chi connectivity index (χ3v) is 3.32. The SMILES string of the molecule is COc1ccc(C=CC(=O)c2cc(OC)ccc2O)c(OC)c1. The maximum absolute atomic E-state index is 12.3. The zero-order valence-electron chi connectivity index (χ0n) is 13.2. The van der Waals surface area contributed by atoms with E-state index in [0.717, 1.165) is 5.56 Å². The van der Waals surface area contributed by atoms with Crippen LogP contribution in [0.4, 0.5) is 0 Å². The van der Waals surface area contributed by atoms with Gasteiger partial charge in [0.2, 0.25) is 0 Å². The Morgan fingerprint density at radius 2 is 1.61 bits per heavy atom. The van der Waals surface area contributed by atoms with Crippen molar-refractivity contribution < 1.29 is 24.1 Å². The molecule has 1 N–H and O–H groups in total. The molecule has 0 bridgehead atoms. The maximum Gasteiger partial charge on any atom is 0.189 e. The summed E-state index contributed by atoms with van der Waals surface area (Å²) in [5.41, 5.74) is 0.900. The van der Waals surface area contributed by atoms with Crippen LogP contribution in [-0.4, -0.2) is 32.2 Å². The van der Waals surface area contributed by atoms with Gasteiger partial charge in [0.05, 0.1) is 26.9 Å². The predicted molar refractivity (Wildman–Crippen MR) is 87.6 cm³/mol. The van der Waals surface area contributed by atoms with Crippen molar-refractivity contribution in [2.75, 3.05) is 21.3 Å². The van der Waals surface area contributed by atoms with Crippen molar-refractivity contribution in [2.45, 2.75) is 0 Å². The second-order valence-corrected chi connectivity index (χ2v) is 4.69. The molecule has 0 radical (unpaired) electrons. The van der Waals surface area contributed by atoms with Crippen LogP contribution in [0.1, 0.15) is 15.9 Å². The number of methoxy groups -OCH3 is 3. The lowest BCUT2D eigenvalue weighted by Gasteiger charge is -2.07. The van der Waals surface area contributed by atoms with Crippen molar-refractivity contribution in [3.8, 4) is 23.0 Å². The van der Waals surface area contributed by atoms with Gasteiger partial charge >= 0.3 is 0 Å². The molecule has 0 aliphatic heterocycles. The van der Waals surface area contributed by atoms with E-state index < -0.39 is 0 Å². The molecule has 23 heavy (non-hydrogen) atoms. The second kappa shape index (κ2) is 7.35. The average Bonchev–Trinajstić information content (AvgIpc) is 2.59. The second-order valence-electron chi connectivity index (χ2n) is 4.69. The molecule has 2 aromatic rings. The molecule has 5 nitrogen and oxygen atoms in total. The molecule has 0 saturated carbocycles. The van der Waals surface area contributed by atoms with E-state index in [2.05, 4.69) is 0 Å². The van der Waals surface area contributed by atoms with Gasteiger partial charge < -0.3 is 19.3 Å². The summed E-state index contributed by atoms with van der Waals surface area (Å²) < 4.78 is 15.5. The molecule has 0 aliphatic rings. The number of hydrogen-bond donors (Lipinski definition) is 1. The fraction of sp³-hybridized carbons (Fsp3) is 0.167. The number of carbonyl (C=O) groups excluding carboxylic acids is 1. The summed E-state index contributed by atoms with van der Waals surface area (Å²) in [5.74, 6) is 1.32. The van der Waals surface area contributed by atoms with Crippen molar-refractivity contribution in [2.24, 2.45) is 0 Å². The summed E-state index contributed by atoms with van der Waals surface area (Å²) in [6, 6.07) is 9.79. The van der Waals surface area contributed by atoms with Gasteiger partial charge in [0.15, 0.2) is 5.78 Å². The lowest BCUT2D eigenvalue weighted by atomic mass is 10.1. The average molecular weight is 314 g/mol. The highest BCUT2D eigenvalue weighted by molar-refractivity contribution is 6.08. The summed E-state index contributed by atoms with van der Waals surface area (Å²) in [5, 5.41) is 9.82. The standard InChI is InChI=1S/C18H18O5/c1-21-13-7-9-17(20)15(10-13)16(19)8-5-12-4-6-14(22-2)11-18(12)23-3/h4-11,20H,1-3H3. The fourth-order valence-corrected chi connectivity index (χ4v) is 2.05. The molecule has 0 aromatic heterocycles. The van der Waals surface area contributed by atoms with Gasteiger partial charge in [0.1, 0.15) is 23.0 Å². The van der Waals surface area contributed by atoms with Crippen LogP contribution < -0.4 is 14.2 Å². The normalized spacial score (nSPS) is 10.6. The van der Waals surface area contributed by atoms with Gasteiger partial charge in [-0.05, 0) is 42.5 Å². The molecule has 120 valence electrons. The van der Waals surface area contributed by atoms with E-state index in [4.69, 9.17) is 14.2 Å². The number of ketones is 1. The van der Waals surface area contributed by atoms with Gasteiger partial charge in [-0.1, -0.05) is 0 Å². The van der Waals surface area contributed by atoms with Crippen molar-refractivity contribution in [1.29, 1.82) is 0 Å². The highest BCUT2D eigenvalue weighted by Gasteiger charge is 2.10. The van der Waals surface area contributed by atoms with Crippen LogP contribution in [-0.2, 0) is 0 Å². The molecule has 0 saturated heterocycles. The Balaban J connectivity index is 2.28. The van der Waals surface area contributed by atoms with Crippen LogP contribution in [0.25, 0.3) is 6.08 Å². The van der Waals surface area contributed by atoms with Crippen LogP contribution in [0.5, 0.6) is 23.0 Å². The fourth-order valence-electron chi connectivity index (χ4n) is 2.05. The van der Waals surface area contributed by atoms with Crippen LogP contribution in [0.15, 0.2) is 42.5 Å². The molecule has 0 spiro atoms. The first-order valence-electron chi connectivity index (χ1n) is 6.90. The number of phenols is 1. The van der Waals surface area contributed by atoms with Gasteiger partial charge in [0.25, 0.3) is 0 Å². The minimum atomic E-state index is -0.334. The number of aromatic hydroxyl groups is 1. The Bertz CT molecular complexity index is 734. The van der Waals surface area contributed by atoms with Gasteiger partial charge in [-0.3, -0.25) is 4.79 Å². The first-order valence-corrected chi connectivity index (χ1v) is 6.90. The molecule has 0 unspecified atom stereocenters. The van der Waals surface area contributed by atoms with Crippen LogP contribution >= 0.6 is 0 Å². The molecule has 5 heteroatoms. The third kappa shape index (κ3) is 3.83. The number of allylic oxidation sites excluding steroid dienone is 1. The zero-order valence-corrected chi connectivity index (χ0v) is 13.2. The van der Waals surface area contributed by atoms with Crippen molar-refractivity contribution in [3.63, 3.8) is 0 Å². The monoisotopic (exact) mass is 314 g/mol. The van der Waals surface area contributed by atoms with Crippen LogP contribution in [0.2, 0.25) is 0 Å². The van der Waals surface area contributed by atoms with Crippen molar-refractivity contribution in [1.82, 2.24) is 0 Å². The molecule has 2 aromatic carbocycles. The largest absolute Gasteiger partial charge is 0.507 e. The van der Waals surface area contributed by atoms with Crippen LogP contribution in [0, 0.1) is 0 Å². The summed E-state index contributed by atoms with van der Waals surface area (Å²) in [7, 11) is 4.61. The summed E-state index contributed by atoms with van der Waals surface area (Å²) in [6.07, 6.45) is 3.00. The highest BCUT2D eigenvalue weighted by Crippen LogP contribution is 2.27. The summed E-state index contributed by atoms with van der Waals surface area (Å²) in [6.45, 7) is 0. The van der Waals surface area contributed by atoms with Gasteiger partial charge in [0, 0.05) is 11.6 Å². The number of phenolic OH excluding ortho intramolecular Hbond substituents is 1. The zero-order chi connectivity index (χ0) is 16.8. The lowest BCUT2D eigenvalue weighted by molar-refractivity contribution is 0.104. The Morgan fingerprint density at radius 1 is 0.957 bits per heavy atom. The van der Waals surface area contributed by atoms with E-state index >= 15 is 0 Å². The third-order valence-electron chi connectivity index (χ3n) is 3.32. The summed E-state index contributed by atoms with van der Waals surface area (Å²) >= 11 is 0. The molecule has 2 rings (SSSR count). The highest BCUT2D eigenvalue weighted by atomic mass is 16.5. The first-order chi connectivity index (χ1) is 11.1. The molecular weight excluding hydrogens is 296 g/mol. The quantitative estimate of drug-likeness (QED) is 0.654. The number of benzene rings is 2. The topological polar surface area (TPSA) is 65.0 Å². The molecule has 0 amide bonds. The smallest absolute Gasteiger partial charge is 0.189 e. The minimum absolute atomic E-state index is 0.0952. The molecule has 0 aliphatic carbocycles. The van der Waals surface area contributed by atoms with Gasteiger partial charge in [-0.15, -0.1) is 0 Å². The van der Waals surface area contributed by atoms with E-state index in [1.165, 1.54) is 25.3 Å². The van der Waals surface area contributed by atoms with E-state index in [1.54, 1.807) is 44.6 Å². The number of hydrogen-bond acceptors (Lipinski definition) is 5. The Hall–Kier alpha value is -2.95. The van der Waals surface area contributed by atoms with E-state index in [-0.39, 0.29) is 17.1 Å². The van der Waals surface area contributed by atoms with Gasteiger partial charge in [-0.2, -0.15) is 0 Å². The van der Waals surface area contributed by atoms with Crippen molar-refractivity contribution in [3.05, 3.63) is 53.6 Å². The number of rotatable bonds is 6. The van der Waals surface area contributed by atoms with E-state index in [9.17, 15) is 9.90 Å². The van der Waals surface area contributed by atoms with Crippen LogP contribution in [0.3, 0.4) is 0 Å². The van der Waals surface area contributed by atoms with E-state index in [1.807, 2.05) is 0 Å². The minimum Gasteiger partial charge on any atom is -0.507 e. The Morgan fingerprint density at radius 3 is 2.26 bits per heavy atom. The molecule has 0 atom stereocenters. The Kier molecular flexibility index (Phi) is 5.25. The van der Waals surface area contributed by atoms with Crippen molar-refractivity contribution >= 4 is 11.9 Å². The molecule has 0 heterocycles. The number of ether oxygens (including phenoxy) is 3. The number of carbonyl (C=O) groups is 1.